The standard InChI is InChI=1S/C19H13F2IN2O3S/c20-13-3-1-12(2-4-13)19(25)23-18-10-9-16(11-17(18)21)28(26,27)24-15-7-5-14(22)6-8-15/h1-11,24H,(H,23,25). The van der Waals surface area contributed by atoms with Crippen molar-refractivity contribution in [3.63, 3.8) is 0 Å². The molecule has 5 nitrogen and oxygen atoms in total. The van der Waals surface area contributed by atoms with E-state index in [9.17, 15) is 22.0 Å². The van der Waals surface area contributed by atoms with E-state index in [1.54, 1.807) is 24.3 Å². The van der Waals surface area contributed by atoms with Crippen molar-refractivity contribution in [2.75, 3.05) is 10.0 Å². The number of carbonyl (C=O) groups excluding carboxylic acids is 1. The molecule has 3 aromatic rings. The molecule has 0 aliphatic heterocycles. The third kappa shape index (κ3) is 4.84. The maximum atomic E-state index is 14.3. The number of anilines is 2. The molecule has 0 atom stereocenters. The molecule has 0 aromatic heterocycles. The minimum absolute atomic E-state index is 0.137. The van der Waals surface area contributed by atoms with Gasteiger partial charge in [-0.2, -0.15) is 0 Å². The van der Waals surface area contributed by atoms with Crippen LogP contribution in [0.1, 0.15) is 10.4 Å². The minimum Gasteiger partial charge on any atom is -0.319 e. The summed E-state index contributed by atoms with van der Waals surface area (Å²) in [5.41, 5.74) is 0.287. The van der Waals surface area contributed by atoms with Gasteiger partial charge in [0.15, 0.2) is 0 Å². The molecule has 0 saturated carbocycles. The summed E-state index contributed by atoms with van der Waals surface area (Å²) in [6, 6.07) is 14.5. The second kappa shape index (κ2) is 8.23. The molecule has 3 aromatic carbocycles. The molecule has 144 valence electrons. The predicted octanol–water partition coefficient (Wildman–Crippen LogP) is 4.62. The summed E-state index contributed by atoms with van der Waals surface area (Å²) < 4.78 is 55.4. The summed E-state index contributed by atoms with van der Waals surface area (Å²) in [6.45, 7) is 0. The van der Waals surface area contributed by atoms with Crippen LogP contribution in [0.5, 0.6) is 0 Å². The lowest BCUT2D eigenvalue weighted by Gasteiger charge is -2.11. The fraction of sp³-hybridized carbons (Fsp3) is 0. The van der Waals surface area contributed by atoms with Crippen LogP contribution in [0.4, 0.5) is 20.2 Å². The van der Waals surface area contributed by atoms with Gasteiger partial charge in [0, 0.05) is 14.8 Å². The Bertz CT molecular complexity index is 1120. The molecule has 0 radical (unpaired) electrons. The summed E-state index contributed by atoms with van der Waals surface area (Å²) in [5.74, 6) is -2.06. The number of hydrogen-bond acceptors (Lipinski definition) is 3. The van der Waals surface area contributed by atoms with Gasteiger partial charge in [-0.3, -0.25) is 9.52 Å². The maximum absolute atomic E-state index is 14.3. The highest BCUT2D eigenvalue weighted by atomic mass is 127. The molecular formula is C19H13F2IN2O3S. The van der Waals surface area contributed by atoms with Crippen molar-refractivity contribution in [2.45, 2.75) is 4.90 Å². The largest absolute Gasteiger partial charge is 0.319 e. The fourth-order valence-corrected chi connectivity index (χ4v) is 3.72. The van der Waals surface area contributed by atoms with Crippen molar-refractivity contribution in [1.82, 2.24) is 0 Å². The quantitative estimate of drug-likeness (QED) is 0.488. The first-order valence-electron chi connectivity index (χ1n) is 7.89. The van der Waals surface area contributed by atoms with Crippen molar-refractivity contribution in [3.8, 4) is 0 Å². The van der Waals surface area contributed by atoms with Gasteiger partial charge < -0.3 is 5.32 Å². The number of sulfonamides is 1. The van der Waals surface area contributed by atoms with Crippen LogP contribution in [0.2, 0.25) is 0 Å². The number of amides is 1. The highest BCUT2D eigenvalue weighted by Crippen LogP contribution is 2.22. The van der Waals surface area contributed by atoms with Crippen LogP contribution < -0.4 is 10.0 Å². The third-order valence-corrected chi connectivity index (χ3v) is 5.80. The number of halogens is 3. The minimum atomic E-state index is -4.00. The number of carbonyl (C=O) groups is 1. The van der Waals surface area contributed by atoms with Gasteiger partial charge in [-0.25, -0.2) is 17.2 Å². The number of nitrogens with one attached hydrogen (secondary N) is 2. The van der Waals surface area contributed by atoms with Crippen LogP contribution in [-0.2, 0) is 10.0 Å². The molecule has 28 heavy (non-hydrogen) atoms. The Hall–Kier alpha value is -2.53. The van der Waals surface area contributed by atoms with Crippen molar-refractivity contribution >= 4 is 49.9 Å². The number of rotatable bonds is 5. The molecular weight excluding hydrogens is 501 g/mol. The van der Waals surface area contributed by atoms with E-state index in [1.807, 2.05) is 0 Å². The highest BCUT2D eigenvalue weighted by Gasteiger charge is 2.18. The summed E-state index contributed by atoms with van der Waals surface area (Å²) in [7, 11) is -4.00. The Morgan fingerprint density at radius 2 is 1.54 bits per heavy atom. The van der Waals surface area contributed by atoms with Crippen molar-refractivity contribution in [2.24, 2.45) is 0 Å². The Kier molecular flexibility index (Phi) is 5.94. The zero-order chi connectivity index (χ0) is 20.3. The molecule has 0 aliphatic carbocycles. The second-order valence-electron chi connectivity index (χ2n) is 5.72. The van der Waals surface area contributed by atoms with Gasteiger partial charge >= 0.3 is 0 Å². The van der Waals surface area contributed by atoms with Crippen LogP contribution in [0.25, 0.3) is 0 Å². The van der Waals surface area contributed by atoms with Gasteiger partial charge in [0.1, 0.15) is 11.6 Å². The Morgan fingerprint density at radius 1 is 0.893 bits per heavy atom. The average Bonchev–Trinajstić information content (AvgIpc) is 2.65. The molecule has 0 heterocycles. The smallest absolute Gasteiger partial charge is 0.261 e. The molecule has 9 heteroatoms. The molecule has 0 aliphatic rings. The van der Waals surface area contributed by atoms with E-state index < -0.39 is 27.6 Å². The van der Waals surface area contributed by atoms with E-state index in [-0.39, 0.29) is 16.1 Å². The first kappa shape index (κ1) is 20.2. The van der Waals surface area contributed by atoms with Crippen molar-refractivity contribution < 1.29 is 22.0 Å². The van der Waals surface area contributed by atoms with Crippen LogP contribution in [0, 0.1) is 15.2 Å². The first-order chi connectivity index (χ1) is 13.2. The van der Waals surface area contributed by atoms with Crippen LogP contribution >= 0.6 is 22.6 Å². The van der Waals surface area contributed by atoms with E-state index in [0.29, 0.717) is 5.69 Å². The second-order valence-corrected chi connectivity index (χ2v) is 8.64. The molecule has 0 saturated heterocycles. The SMILES string of the molecule is O=C(Nc1ccc(S(=O)(=O)Nc2ccc(I)cc2)cc1F)c1ccc(F)cc1. The fourth-order valence-electron chi connectivity index (χ4n) is 2.29. The average molecular weight is 514 g/mol. The molecule has 3 rings (SSSR count). The van der Waals surface area contributed by atoms with Gasteiger partial charge in [-0.1, -0.05) is 0 Å². The van der Waals surface area contributed by atoms with Crippen molar-refractivity contribution in [3.05, 3.63) is 87.5 Å². The monoisotopic (exact) mass is 514 g/mol. The first-order valence-corrected chi connectivity index (χ1v) is 10.5. The molecule has 0 unspecified atom stereocenters. The summed E-state index contributed by atoms with van der Waals surface area (Å²) >= 11 is 2.09. The van der Waals surface area contributed by atoms with Crippen LogP contribution in [0.3, 0.4) is 0 Å². The number of benzene rings is 3. The van der Waals surface area contributed by atoms with Gasteiger partial charge in [0.05, 0.1) is 10.6 Å². The van der Waals surface area contributed by atoms with Crippen LogP contribution in [0.15, 0.2) is 71.6 Å². The summed E-state index contributed by atoms with van der Waals surface area (Å²) in [4.78, 5) is 11.8. The molecule has 0 spiro atoms. The Morgan fingerprint density at radius 3 is 2.14 bits per heavy atom. The van der Waals surface area contributed by atoms with E-state index in [4.69, 9.17) is 0 Å². The topological polar surface area (TPSA) is 75.3 Å². The summed E-state index contributed by atoms with van der Waals surface area (Å²) in [5, 5.41) is 2.33. The van der Waals surface area contributed by atoms with Crippen molar-refractivity contribution in [1.29, 1.82) is 0 Å². The van der Waals surface area contributed by atoms with E-state index >= 15 is 0 Å². The number of hydrogen-bond donors (Lipinski definition) is 2. The lowest BCUT2D eigenvalue weighted by Crippen LogP contribution is -2.15. The lowest BCUT2D eigenvalue weighted by molar-refractivity contribution is 0.102. The van der Waals surface area contributed by atoms with Gasteiger partial charge in [0.2, 0.25) is 0 Å². The van der Waals surface area contributed by atoms with E-state index in [0.717, 1.165) is 27.8 Å². The summed E-state index contributed by atoms with van der Waals surface area (Å²) in [6.07, 6.45) is 0. The molecule has 0 fully saturated rings. The highest BCUT2D eigenvalue weighted by molar-refractivity contribution is 14.1. The van der Waals surface area contributed by atoms with Gasteiger partial charge in [-0.15, -0.1) is 0 Å². The third-order valence-electron chi connectivity index (χ3n) is 3.70. The zero-order valence-corrected chi connectivity index (χ0v) is 17.1. The Labute approximate surface area is 174 Å². The zero-order valence-electron chi connectivity index (χ0n) is 14.1. The van der Waals surface area contributed by atoms with Crippen LogP contribution in [-0.4, -0.2) is 14.3 Å². The molecule has 1 amide bonds. The predicted molar refractivity (Wildman–Crippen MR) is 111 cm³/mol. The molecule has 2 N–H and O–H groups in total. The van der Waals surface area contributed by atoms with Gasteiger partial charge in [0.25, 0.3) is 15.9 Å². The van der Waals surface area contributed by atoms with E-state index in [2.05, 4.69) is 32.6 Å². The van der Waals surface area contributed by atoms with E-state index in [1.165, 1.54) is 18.2 Å². The molecule has 0 bridgehead atoms. The lowest BCUT2D eigenvalue weighted by atomic mass is 10.2. The van der Waals surface area contributed by atoms with Gasteiger partial charge in [-0.05, 0) is 89.3 Å². The Balaban J connectivity index is 1.78. The normalized spacial score (nSPS) is 11.1. The maximum Gasteiger partial charge on any atom is 0.261 e.